The average Bonchev–Trinajstić information content (AvgIpc) is 2.74. The summed E-state index contributed by atoms with van der Waals surface area (Å²) >= 11 is 0. The topological polar surface area (TPSA) is 85.1 Å². The summed E-state index contributed by atoms with van der Waals surface area (Å²) < 4.78 is 28.1. The fourth-order valence-corrected chi connectivity index (χ4v) is 2.49. The molecular formula is C13H25N3O3S. The number of hydrogen-bond acceptors (Lipinski definition) is 6. The highest BCUT2D eigenvalue weighted by Gasteiger charge is 2.24. The highest BCUT2D eigenvalue weighted by molar-refractivity contribution is 7.90. The summed E-state index contributed by atoms with van der Waals surface area (Å²) in [5, 5.41) is 6.43. The molecule has 0 aliphatic rings. The molecule has 1 aromatic rings. The summed E-state index contributed by atoms with van der Waals surface area (Å²) in [7, 11) is -3.20. The van der Waals surface area contributed by atoms with Gasteiger partial charge >= 0.3 is 0 Å². The van der Waals surface area contributed by atoms with Gasteiger partial charge in [-0.3, -0.25) is 0 Å². The van der Waals surface area contributed by atoms with E-state index in [9.17, 15) is 8.42 Å². The number of aromatic nitrogens is 2. The van der Waals surface area contributed by atoms with Crippen LogP contribution in [0.15, 0.2) is 4.52 Å². The fourth-order valence-electron chi connectivity index (χ4n) is 2.01. The predicted octanol–water partition coefficient (Wildman–Crippen LogP) is 1.74. The first-order valence-corrected chi connectivity index (χ1v) is 8.94. The second-order valence-electron chi connectivity index (χ2n) is 5.61. The molecule has 0 spiro atoms. The second kappa shape index (κ2) is 7.17. The third kappa shape index (κ3) is 5.20. The quantitative estimate of drug-likeness (QED) is 0.787. The van der Waals surface area contributed by atoms with Gasteiger partial charge in [0.25, 0.3) is 0 Å². The van der Waals surface area contributed by atoms with Crippen LogP contribution in [-0.2, 0) is 16.3 Å². The standard InChI is InChI=1S/C13H25N3O3S/c1-6-14-11(7-9(2)3)8-12-15-13(16-19-12)10(4)20(5,17)18/h9-11,14H,6-8H2,1-5H3. The third-order valence-electron chi connectivity index (χ3n) is 3.16. The molecule has 1 rings (SSSR count). The third-order valence-corrected chi connectivity index (χ3v) is 4.65. The van der Waals surface area contributed by atoms with Crippen molar-refractivity contribution in [3.05, 3.63) is 11.7 Å². The number of sulfone groups is 1. The predicted molar refractivity (Wildman–Crippen MR) is 78.2 cm³/mol. The molecule has 1 aromatic heterocycles. The van der Waals surface area contributed by atoms with E-state index in [1.54, 1.807) is 6.92 Å². The van der Waals surface area contributed by atoms with Crippen molar-refractivity contribution < 1.29 is 12.9 Å². The van der Waals surface area contributed by atoms with Gasteiger partial charge in [0, 0.05) is 18.7 Å². The van der Waals surface area contributed by atoms with Crippen LogP contribution in [0.25, 0.3) is 0 Å². The molecule has 1 heterocycles. The molecule has 20 heavy (non-hydrogen) atoms. The van der Waals surface area contributed by atoms with Crippen LogP contribution in [0.5, 0.6) is 0 Å². The van der Waals surface area contributed by atoms with Gasteiger partial charge in [-0.05, 0) is 25.8 Å². The van der Waals surface area contributed by atoms with Gasteiger partial charge in [0.05, 0.1) is 0 Å². The Morgan fingerprint density at radius 2 is 1.95 bits per heavy atom. The monoisotopic (exact) mass is 303 g/mol. The van der Waals surface area contributed by atoms with Crippen molar-refractivity contribution >= 4 is 9.84 Å². The number of likely N-dealkylation sites (N-methyl/N-ethyl adjacent to an activating group) is 1. The molecule has 2 atom stereocenters. The van der Waals surface area contributed by atoms with E-state index in [4.69, 9.17) is 4.52 Å². The maximum atomic E-state index is 11.5. The Hall–Kier alpha value is -0.950. The average molecular weight is 303 g/mol. The van der Waals surface area contributed by atoms with Crippen LogP contribution in [0, 0.1) is 5.92 Å². The largest absolute Gasteiger partial charge is 0.339 e. The van der Waals surface area contributed by atoms with Gasteiger partial charge in [-0.25, -0.2) is 8.42 Å². The van der Waals surface area contributed by atoms with E-state index in [1.807, 2.05) is 0 Å². The first-order chi connectivity index (χ1) is 9.24. The van der Waals surface area contributed by atoms with Gasteiger partial charge in [-0.2, -0.15) is 4.98 Å². The lowest BCUT2D eigenvalue weighted by atomic mass is 10.0. The van der Waals surface area contributed by atoms with Crippen molar-refractivity contribution in [3.8, 4) is 0 Å². The molecule has 0 radical (unpaired) electrons. The van der Waals surface area contributed by atoms with E-state index in [0.29, 0.717) is 18.2 Å². The summed E-state index contributed by atoms with van der Waals surface area (Å²) in [6.45, 7) is 8.82. The lowest BCUT2D eigenvalue weighted by molar-refractivity contribution is 0.337. The first-order valence-electron chi connectivity index (χ1n) is 6.98. The van der Waals surface area contributed by atoms with E-state index < -0.39 is 15.1 Å². The van der Waals surface area contributed by atoms with Crippen LogP contribution in [0.2, 0.25) is 0 Å². The summed E-state index contributed by atoms with van der Waals surface area (Å²) in [6, 6.07) is 0.266. The van der Waals surface area contributed by atoms with E-state index in [-0.39, 0.29) is 11.9 Å². The minimum atomic E-state index is -3.20. The van der Waals surface area contributed by atoms with E-state index in [2.05, 4.69) is 36.2 Å². The molecule has 116 valence electrons. The van der Waals surface area contributed by atoms with Crippen LogP contribution in [0.4, 0.5) is 0 Å². The Morgan fingerprint density at radius 3 is 2.45 bits per heavy atom. The molecule has 7 heteroatoms. The highest BCUT2D eigenvalue weighted by atomic mass is 32.2. The molecule has 0 aromatic carbocycles. The SMILES string of the molecule is CCNC(Cc1nc(C(C)S(C)(=O)=O)no1)CC(C)C. The summed E-state index contributed by atoms with van der Waals surface area (Å²) in [5.41, 5.74) is 0. The Kier molecular flexibility index (Phi) is 6.13. The molecule has 0 aliphatic heterocycles. The van der Waals surface area contributed by atoms with E-state index >= 15 is 0 Å². The van der Waals surface area contributed by atoms with Crippen LogP contribution in [-0.4, -0.2) is 37.4 Å². The van der Waals surface area contributed by atoms with Crippen molar-refractivity contribution in [2.24, 2.45) is 5.92 Å². The minimum absolute atomic E-state index is 0.238. The number of nitrogens with zero attached hydrogens (tertiary/aromatic N) is 2. The molecule has 0 bridgehead atoms. The van der Waals surface area contributed by atoms with Gasteiger partial charge in [0.1, 0.15) is 5.25 Å². The van der Waals surface area contributed by atoms with Crippen molar-refractivity contribution in [1.29, 1.82) is 0 Å². The molecular weight excluding hydrogens is 278 g/mol. The van der Waals surface area contributed by atoms with Gasteiger partial charge < -0.3 is 9.84 Å². The van der Waals surface area contributed by atoms with Crippen LogP contribution >= 0.6 is 0 Å². The molecule has 1 N–H and O–H groups in total. The van der Waals surface area contributed by atoms with Crippen molar-refractivity contribution in [2.45, 2.75) is 51.8 Å². The van der Waals surface area contributed by atoms with Crippen molar-refractivity contribution in [3.63, 3.8) is 0 Å². The number of nitrogens with one attached hydrogen (secondary N) is 1. The number of hydrogen-bond donors (Lipinski definition) is 1. The Balaban J connectivity index is 2.75. The molecule has 0 saturated carbocycles. The summed E-state index contributed by atoms with van der Waals surface area (Å²) in [6.07, 6.45) is 2.80. The van der Waals surface area contributed by atoms with E-state index in [0.717, 1.165) is 13.0 Å². The molecule has 0 aliphatic carbocycles. The van der Waals surface area contributed by atoms with Gasteiger partial charge in [-0.15, -0.1) is 0 Å². The van der Waals surface area contributed by atoms with Crippen LogP contribution in [0.1, 0.15) is 51.1 Å². The smallest absolute Gasteiger partial charge is 0.228 e. The zero-order valence-electron chi connectivity index (χ0n) is 12.9. The Bertz CT molecular complexity index is 511. The normalized spacial score (nSPS) is 15.5. The Labute approximate surface area is 121 Å². The maximum Gasteiger partial charge on any atom is 0.228 e. The first kappa shape index (κ1) is 17.1. The molecule has 0 fully saturated rings. The van der Waals surface area contributed by atoms with Crippen LogP contribution < -0.4 is 5.32 Å². The fraction of sp³-hybridized carbons (Fsp3) is 0.846. The molecule has 0 saturated heterocycles. The molecule has 2 unspecified atom stereocenters. The second-order valence-corrected chi connectivity index (χ2v) is 7.97. The summed E-state index contributed by atoms with van der Waals surface area (Å²) in [5.74, 6) is 1.29. The van der Waals surface area contributed by atoms with E-state index in [1.165, 1.54) is 6.26 Å². The zero-order chi connectivity index (χ0) is 15.3. The number of rotatable bonds is 8. The lowest BCUT2D eigenvalue weighted by Gasteiger charge is -2.17. The highest BCUT2D eigenvalue weighted by Crippen LogP contribution is 2.18. The minimum Gasteiger partial charge on any atom is -0.339 e. The Morgan fingerprint density at radius 1 is 1.30 bits per heavy atom. The summed E-state index contributed by atoms with van der Waals surface area (Å²) in [4.78, 5) is 4.21. The van der Waals surface area contributed by atoms with Gasteiger partial charge in [-0.1, -0.05) is 25.9 Å². The molecule has 6 nitrogen and oxygen atoms in total. The lowest BCUT2D eigenvalue weighted by Crippen LogP contribution is -2.32. The zero-order valence-corrected chi connectivity index (χ0v) is 13.7. The maximum absolute atomic E-state index is 11.5. The van der Waals surface area contributed by atoms with Crippen molar-refractivity contribution in [2.75, 3.05) is 12.8 Å². The molecule has 0 amide bonds. The van der Waals surface area contributed by atoms with Crippen LogP contribution in [0.3, 0.4) is 0 Å². The van der Waals surface area contributed by atoms with Crippen molar-refractivity contribution in [1.82, 2.24) is 15.5 Å². The van der Waals surface area contributed by atoms with Gasteiger partial charge in [0.15, 0.2) is 15.7 Å². The van der Waals surface area contributed by atoms with Gasteiger partial charge in [0.2, 0.25) is 5.89 Å².